The Morgan fingerprint density at radius 1 is 1.44 bits per heavy atom. The maximum Gasteiger partial charge on any atom is 0.131 e. The largest absolute Gasteiger partial charge is 0.378 e. The summed E-state index contributed by atoms with van der Waals surface area (Å²) in [7, 11) is 0. The first-order valence-corrected chi connectivity index (χ1v) is 7.16. The molecule has 1 fully saturated rings. The SMILES string of the molecule is CCOC1CCN(c2ncc(CCl)cc2C)CC1. The molecule has 0 unspecified atom stereocenters. The third kappa shape index (κ3) is 3.15. The fourth-order valence-electron chi connectivity index (χ4n) is 2.50. The third-order valence-electron chi connectivity index (χ3n) is 3.41. The lowest BCUT2D eigenvalue weighted by Gasteiger charge is -2.33. The summed E-state index contributed by atoms with van der Waals surface area (Å²) in [5.41, 5.74) is 2.30. The molecule has 0 radical (unpaired) electrons. The number of aryl methyl sites for hydroxylation is 1. The van der Waals surface area contributed by atoms with E-state index in [0.717, 1.165) is 43.9 Å². The molecule has 0 amide bonds. The van der Waals surface area contributed by atoms with Crippen molar-refractivity contribution < 1.29 is 4.74 Å². The predicted octanol–water partition coefficient (Wildman–Crippen LogP) is 3.13. The van der Waals surface area contributed by atoms with Crippen LogP contribution in [-0.4, -0.2) is 30.8 Å². The van der Waals surface area contributed by atoms with Gasteiger partial charge in [-0.15, -0.1) is 11.6 Å². The lowest BCUT2D eigenvalue weighted by atomic mass is 10.1. The maximum atomic E-state index is 5.82. The van der Waals surface area contributed by atoms with E-state index in [4.69, 9.17) is 16.3 Å². The van der Waals surface area contributed by atoms with E-state index in [9.17, 15) is 0 Å². The van der Waals surface area contributed by atoms with Crippen LogP contribution in [0.3, 0.4) is 0 Å². The lowest BCUT2D eigenvalue weighted by Crippen LogP contribution is -2.37. The van der Waals surface area contributed by atoms with Crippen LogP contribution in [-0.2, 0) is 10.6 Å². The molecular weight excluding hydrogens is 248 g/mol. The minimum atomic E-state index is 0.425. The lowest BCUT2D eigenvalue weighted by molar-refractivity contribution is 0.0458. The quantitative estimate of drug-likeness (QED) is 0.785. The molecule has 3 nitrogen and oxygen atoms in total. The monoisotopic (exact) mass is 268 g/mol. The normalized spacial score (nSPS) is 17.2. The van der Waals surface area contributed by atoms with Crippen molar-refractivity contribution in [3.05, 3.63) is 23.4 Å². The van der Waals surface area contributed by atoms with E-state index in [0.29, 0.717) is 12.0 Å². The first-order chi connectivity index (χ1) is 8.74. The highest BCUT2D eigenvalue weighted by atomic mass is 35.5. The molecule has 18 heavy (non-hydrogen) atoms. The number of hydrogen-bond donors (Lipinski definition) is 0. The van der Waals surface area contributed by atoms with Crippen molar-refractivity contribution in [2.75, 3.05) is 24.6 Å². The van der Waals surface area contributed by atoms with E-state index >= 15 is 0 Å². The van der Waals surface area contributed by atoms with Crippen LogP contribution in [0.15, 0.2) is 12.3 Å². The van der Waals surface area contributed by atoms with E-state index in [1.807, 2.05) is 6.20 Å². The molecule has 1 aromatic heterocycles. The molecular formula is C14H21ClN2O. The number of pyridine rings is 1. The van der Waals surface area contributed by atoms with Crippen LogP contribution in [0.1, 0.15) is 30.9 Å². The van der Waals surface area contributed by atoms with Gasteiger partial charge in [0.25, 0.3) is 0 Å². The van der Waals surface area contributed by atoms with Gasteiger partial charge in [0.05, 0.1) is 6.10 Å². The number of halogens is 1. The highest BCUT2D eigenvalue weighted by Crippen LogP contribution is 2.23. The number of alkyl halides is 1. The first-order valence-electron chi connectivity index (χ1n) is 6.62. The second-order valence-electron chi connectivity index (χ2n) is 4.76. The zero-order valence-electron chi connectivity index (χ0n) is 11.2. The molecule has 0 aromatic carbocycles. The molecule has 0 saturated carbocycles. The standard InChI is InChI=1S/C14H21ClN2O/c1-3-18-13-4-6-17(7-5-13)14-11(2)8-12(9-15)10-16-14/h8,10,13H,3-7,9H2,1-2H3. The second kappa shape index (κ2) is 6.39. The number of nitrogens with zero attached hydrogens (tertiary/aromatic N) is 2. The molecule has 2 rings (SSSR count). The summed E-state index contributed by atoms with van der Waals surface area (Å²) in [6.07, 6.45) is 4.48. The van der Waals surface area contributed by atoms with Gasteiger partial charge in [0.15, 0.2) is 0 Å². The zero-order chi connectivity index (χ0) is 13.0. The zero-order valence-corrected chi connectivity index (χ0v) is 11.9. The van der Waals surface area contributed by atoms with Crippen molar-refractivity contribution in [2.45, 2.75) is 38.7 Å². The minimum Gasteiger partial charge on any atom is -0.378 e. The topological polar surface area (TPSA) is 25.4 Å². The summed E-state index contributed by atoms with van der Waals surface area (Å²) >= 11 is 5.82. The van der Waals surface area contributed by atoms with Gasteiger partial charge >= 0.3 is 0 Å². The fraction of sp³-hybridized carbons (Fsp3) is 0.643. The average Bonchev–Trinajstić information content (AvgIpc) is 2.40. The number of anilines is 1. The highest BCUT2D eigenvalue weighted by Gasteiger charge is 2.21. The molecule has 0 atom stereocenters. The van der Waals surface area contributed by atoms with E-state index in [2.05, 4.69) is 29.8 Å². The molecule has 1 saturated heterocycles. The van der Waals surface area contributed by atoms with Crippen molar-refractivity contribution in [3.8, 4) is 0 Å². The summed E-state index contributed by atoms with van der Waals surface area (Å²) in [6.45, 7) is 7.03. The van der Waals surface area contributed by atoms with Crippen LogP contribution in [0.4, 0.5) is 5.82 Å². The van der Waals surface area contributed by atoms with Crippen LogP contribution >= 0.6 is 11.6 Å². The van der Waals surface area contributed by atoms with Crippen LogP contribution in [0.5, 0.6) is 0 Å². The molecule has 100 valence electrons. The van der Waals surface area contributed by atoms with Gasteiger partial charge in [0, 0.05) is 31.8 Å². The number of hydrogen-bond acceptors (Lipinski definition) is 3. The Bertz CT molecular complexity index is 389. The maximum absolute atomic E-state index is 5.82. The summed E-state index contributed by atoms with van der Waals surface area (Å²) < 4.78 is 5.67. The molecule has 0 N–H and O–H groups in total. The predicted molar refractivity (Wildman–Crippen MR) is 75.4 cm³/mol. The highest BCUT2D eigenvalue weighted by molar-refractivity contribution is 6.17. The minimum absolute atomic E-state index is 0.425. The van der Waals surface area contributed by atoms with Crippen LogP contribution in [0, 0.1) is 6.92 Å². The van der Waals surface area contributed by atoms with Crippen LogP contribution in [0.25, 0.3) is 0 Å². The van der Waals surface area contributed by atoms with Gasteiger partial charge < -0.3 is 9.64 Å². The molecule has 1 aromatic rings. The van der Waals surface area contributed by atoms with Gasteiger partial charge in [-0.05, 0) is 43.9 Å². The molecule has 4 heteroatoms. The Kier molecular flexibility index (Phi) is 4.84. The number of piperidine rings is 1. The van der Waals surface area contributed by atoms with Crippen molar-refractivity contribution in [1.82, 2.24) is 4.98 Å². The van der Waals surface area contributed by atoms with E-state index < -0.39 is 0 Å². The summed E-state index contributed by atoms with van der Waals surface area (Å²) in [4.78, 5) is 6.89. The molecule has 0 spiro atoms. The Labute approximate surface area is 114 Å². The second-order valence-corrected chi connectivity index (χ2v) is 5.03. The Morgan fingerprint density at radius 3 is 2.72 bits per heavy atom. The Hall–Kier alpha value is -0.800. The van der Waals surface area contributed by atoms with Gasteiger partial charge in [0.1, 0.15) is 5.82 Å². The molecule has 0 bridgehead atoms. The van der Waals surface area contributed by atoms with E-state index in [-0.39, 0.29) is 0 Å². The van der Waals surface area contributed by atoms with Crippen molar-refractivity contribution in [1.29, 1.82) is 0 Å². The summed E-state index contributed by atoms with van der Waals surface area (Å²) in [5, 5.41) is 0. The number of rotatable bonds is 4. The number of ether oxygens (including phenoxy) is 1. The van der Waals surface area contributed by atoms with Gasteiger partial charge in [0.2, 0.25) is 0 Å². The van der Waals surface area contributed by atoms with Crippen LogP contribution < -0.4 is 4.90 Å². The summed E-state index contributed by atoms with van der Waals surface area (Å²) in [6, 6.07) is 2.13. The van der Waals surface area contributed by atoms with Gasteiger partial charge in [-0.2, -0.15) is 0 Å². The Balaban J connectivity index is 2.01. The summed E-state index contributed by atoms with van der Waals surface area (Å²) in [5.74, 6) is 1.62. The van der Waals surface area contributed by atoms with Crippen molar-refractivity contribution >= 4 is 17.4 Å². The van der Waals surface area contributed by atoms with Crippen molar-refractivity contribution in [2.24, 2.45) is 0 Å². The van der Waals surface area contributed by atoms with E-state index in [1.54, 1.807) is 0 Å². The van der Waals surface area contributed by atoms with Crippen LogP contribution in [0.2, 0.25) is 0 Å². The third-order valence-corrected chi connectivity index (χ3v) is 3.71. The molecule has 1 aliphatic rings. The molecule has 0 aliphatic carbocycles. The van der Waals surface area contributed by atoms with E-state index in [1.165, 1.54) is 5.56 Å². The molecule has 2 heterocycles. The van der Waals surface area contributed by atoms with Gasteiger partial charge in [-0.1, -0.05) is 0 Å². The smallest absolute Gasteiger partial charge is 0.131 e. The molecule has 1 aliphatic heterocycles. The van der Waals surface area contributed by atoms with Crippen molar-refractivity contribution in [3.63, 3.8) is 0 Å². The first kappa shape index (κ1) is 13.6. The number of aromatic nitrogens is 1. The average molecular weight is 269 g/mol. The fourth-order valence-corrected chi connectivity index (χ4v) is 2.65. The van der Waals surface area contributed by atoms with Gasteiger partial charge in [-0.3, -0.25) is 0 Å². The van der Waals surface area contributed by atoms with Gasteiger partial charge in [-0.25, -0.2) is 4.98 Å². The Morgan fingerprint density at radius 2 is 2.17 bits per heavy atom.